The van der Waals surface area contributed by atoms with Crippen LogP contribution in [0.5, 0.6) is 5.75 Å². The molecule has 2 N–H and O–H groups in total. The van der Waals surface area contributed by atoms with Gasteiger partial charge in [-0.15, -0.1) is 0 Å². The number of aromatic hydroxyl groups is 1. The zero-order chi connectivity index (χ0) is 19.8. The van der Waals surface area contributed by atoms with Gasteiger partial charge in [-0.1, -0.05) is 68.7 Å². The van der Waals surface area contributed by atoms with Crippen molar-refractivity contribution in [3.05, 3.63) is 65.7 Å². The van der Waals surface area contributed by atoms with Gasteiger partial charge in [0.15, 0.2) is 0 Å². The van der Waals surface area contributed by atoms with Crippen molar-refractivity contribution in [2.45, 2.75) is 44.1 Å². The molecule has 0 aliphatic carbocycles. The molecule has 0 saturated carbocycles. The maximum Gasteiger partial charge on any atom is 0.115 e. The maximum atomic E-state index is 12.1. The Balaban J connectivity index is 1.97. The van der Waals surface area contributed by atoms with E-state index in [9.17, 15) is 10.2 Å². The summed E-state index contributed by atoms with van der Waals surface area (Å²) in [7, 11) is 0. The summed E-state index contributed by atoms with van der Waals surface area (Å²) in [5, 5.41) is 21.9. The summed E-state index contributed by atoms with van der Waals surface area (Å²) in [6.45, 7) is 6.25. The maximum absolute atomic E-state index is 12.1. The van der Waals surface area contributed by atoms with Crippen molar-refractivity contribution < 1.29 is 14.9 Å². The fourth-order valence-corrected chi connectivity index (χ4v) is 4.17. The smallest absolute Gasteiger partial charge is 0.115 e. The van der Waals surface area contributed by atoms with E-state index in [4.69, 9.17) is 4.74 Å². The lowest BCUT2D eigenvalue weighted by Gasteiger charge is -2.41. The van der Waals surface area contributed by atoms with Crippen molar-refractivity contribution in [1.82, 2.24) is 4.90 Å². The van der Waals surface area contributed by atoms with E-state index >= 15 is 0 Å². The number of phenolic OH excluding ortho intramolecular Hbond substituents is 1. The summed E-state index contributed by atoms with van der Waals surface area (Å²) >= 11 is 0. The molecule has 2 aromatic carbocycles. The summed E-state index contributed by atoms with van der Waals surface area (Å²) in [6, 6.07) is 17.5. The van der Waals surface area contributed by atoms with Gasteiger partial charge in [-0.3, -0.25) is 4.90 Å². The second-order valence-electron chi connectivity index (χ2n) is 7.80. The molecule has 4 heteroatoms. The molecule has 1 fully saturated rings. The van der Waals surface area contributed by atoms with E-state index in [1.165, 1.54) is 0 Å². The summed E-state index contributed by atoms with van der Waals surface area (Å²) in [4.78, 5) is 2.40. The third-order valence-electron chi connectivity index (χ3n) is 5.85. The summed E-state index contributed by atoms with van der Waals surface area (Å²) in [5.41, 5.74) is 1.05. The minimum Gasteiger partial charge on any atom is -0.508 e. The van der Waals surface area contributed by atoms with E-state index in [2.05, 4.69) is 24.0 Å². The van der Waals surface area contributed by atoms with Crippen LogP contribution in [-0.2, 0) is 10.3 Å². The van der Waals surface area contributed by atoms with Gasteiger partial charge in [-0.05, 0) is 29.7 Å². The van der Waals surface area contributed by atoms with Crippen molar-refractivity contribution in [3.63, 3.8) is 0 Å². The van der Waals surface area contributed by atoms with Crippen LogP contribution in [0.3, 0.4) is 0 Å². The molecule has 2 atom stereocenters. The van der Waals surface area contributed by atoms with Crippen LogP contribution in [0.2, 0.25) is 0 Å². The number of morpholine rings is 1. The Morgan fingerprint density at radius 2 is 1.68 bits per heavy atom. The number of unbranched alkanes of at least 4 members (excludes halogenated alkanes) is 2. The molecule has 0 bridgehead atoms. The minimum atomic E-state index is -0.984. The van der Waals surface area contributed by atoms with Gasteiger partial charge in [0.25, 0.3) is 0 Å². The van der Waals surface area contributed by atoms with Crippen LogP contribution < -0.4 is 0 Å². The number of phenols is 1. The fourth-order valence-electron chi connectivity index (χ4n) is 4.17. The average Bonchev–Trinajstić information content (AvgIpc) is 2.74. The third-order valence-corrected chi connectivity index (χ3v) is 5.85. The number of hydrogen-bond donors (Lipinski definition) is 2. The van der Waals surface area contributed by atoms with Crippen LogP contribution >= 0.6 is 0 Å². The second-order valence-corrected chi connectivity index (χ2v) is 7.80. The molecule has 0 radical (unpaired) electrons. The van der Waals surface area contributed by atoms with E-state index in [0.717, 1.165) is 63.2 Å². The van der Waals surface area contributed by atoms with Crippen LogP contribution in [0.15, 0.2) is 54.6 Å². The molecular formula is C24H33NO3. The van der Waals surface area contributed by atoms with Gasteiger partial charge < -0.3 is 14.9 Å². The van der Waals surface area contributed by atoms with Crippen LogP contribution in [0, 0.1) is 0 Å². The van der Waals surface area contributed by atoms with Crippen LogP contribution in [-0.4, -0.2) is 48.0 Å². The molecule has 4 nitrogen and oxygen atoms in total. The molecule has 152 valence electrons. The molecule has 2 aromatic rings. The number of benzene rings is 2. The molecule has 0 amide bonds. The summed E-state index contributed by atoms with van der Waals surface area (Å²) in [5.74, 6) is 0.178. The molecule has 1 heterocycles. The summed E-state index contributed by atoms with van der Waals surface area (Å²) in [6.07, 6.45) is 3.89. The van der Waals surface area contributed by atoms with Gasteiger partial charge in [0.2, 0.25) is 0 Å². The standard InChI is InChI=1S/C24H33NO3/c1-2-3-7-14-24(27,21-10-12-22(26)13-11-21)23(20-8-5-4-6-9-20)19-25-15-17-28-18-16-25/h4-6,8-13,23,26-27H,2-3,7,14-19H2,1H3. The Morgan fingerprint density at radius 3 is 2.32 bits per heavy atom. The number of ether oxygens (including phenoxy) is 1. The summed E-state index contributed by atoms with van der Waals surface area (Å²) < 4.78 is 5.52. The highest BCUT2D eigenvalue weighted by atomic mass is 16.5. The van der Waals surface area contributed by atoms with Gasteiger partial charge in [0.05, 0.1) is 18.8 Å². The number of hydrogen-bond acceptors (Lipinski definition) is 4. The van der Waals surface area contributed by atoms with E-state index in [1.807, 2.05) is 30.3 Å². The van der Waals surface area contributed by atoms with Crippen LogP contribution in [0.25, 0.3) is 0 Å². The van der Waals surface area contributed by atoms with Crippen LogP contribution in [0.1, 0.15) is 49.7 Å². The van der Waals surface area contributed by atoms with Gasteiger partial charge >= 0.3 is 0 Å². The highest BCUT2D eigenvalue weighted by Gasteiger charge is 2.40. The van der Waals surface area contributed by atoms with E-state index in [1.54, 1.807) is 12.1 Å². The van der Waals surface area contributed by atoms with Crippen molar-refractivity contribution >= 4 is 0 Å². The first-order valence-corrected chi connectivity index (χ1v) is 10.5. The first-order valence-electron chi connectivity index (χ1n) is 10.5. The Morgan fingerprint density at radius 1 is 1.00 bits per heavy atom. The second kappa shape index (κ2) is 10.1. The zero-order valence-corrected chi connectivity index (χ0v) is 16.9. The lowest BCUT2D eigenvalue weighted by atomic mass is 9.74. The lowest BCUT2D eigenvalue weighted by molar-refractivity contribution is -0.0295. The zero-order valence-electron chi connectivity index (χ0n) is 16.9. The number of aliphatic hydroxyl groups is 1. The van der Waals surface area contributed by atoms with Crippen molar-refractivity contribution in [1.29, 1.82) is 0 Å². The molecule has 28 heavy (non-hydrogen) atoms. The van der Waals surface area contributed by atoms with Crippen molar-refractivity contribution in [2.24, 2.45) is 0 Å². The Hall–Kier alpha value is -1.88. The number of nitrogens with zero attached hydrogens (tertiary/aromatic N) is 1. The molecule has 1 saturated heterocycles. The normalized spacial score (nSPS) is 18.5. The SMILES string of the molecule is CCCCCC(O)(c1ccc(O)cc1)C(CN1CCOCC1)c1ccccc1. The molecule has 0 spiro atoms. The molecule has 1 aliphatic heterocycles. The van der Waals surface area contributed by atoms with E-state index in [0.29, 0.717) is 6.42 Å². The molecule has 3 rings (SSSR count). The molecule has 0 aromatic heterocycles. The van der Waals surface area contributed by atoms with Crippen molar-refractivity contribution in [2.75, 3.05) is 32.8 Å². The Bertz CT molecular complexity index is 698. The van der Waals surface area contributed by atoms with E-state index < -0.39 is 5.60 Å². The van der Waals surface area contributed by atoms with Gasteiger partial charge in [-0.25, -0.2) is 0 Å². The fraction of sp³-hybridized carbons (Fsp3) is 0.500. The monoisotopic (exact) mass is 383 g/mol. The van der Waals surface area contributed by atoms with Crippen LogP contribution in [0.4, 0.5) is 0 Å². The lowest BCUT2D eigenvalue weighted by Crippen LogP contribution is -2.45. The topological polar surface area (TPSA) is 52.9 Å². The highest BCUT2D eigenvalue weighted by Crippen LogP contribution is 2.42. The van der Waals surface area contributed by atoms with Gasteiger partial charge in [0, 0.05) is 25.6 Å². The largest absolute Gasteiger partial charge is 0.508 e. The first-order chi connectivity index (χ1) is 13.6. The highest BCUT2D eigenvalue weighted by molar-refractivity contribution is 5.35. The Kier molecular flexibility index (Phi) is 7.49. The predicted octanol–water partition coefficient (Wildman–Crippen LogP) is 4.28. The quantitative estimate of drug-likeness (QED) is 0.635. The first kappa shape index (κ1) is 20.8. The molecule has 1 aliphatic rings. The molecular weight excluding hydrogens is 350 g/mol. The van der Waals surface area contributed by atoms with E-state index in [-0.39, 0.29) is 11.7 Å². The third kappa shape index (κ3) is 5.13. The Labute approximate surface area is 168 Å². The number of rotatable bonds is 9. The van der Waals surface area contributed by atoms with Gasteiger partial charge in [0.1, 0.15) is 5.75 Å². The average molecular weight is 384 g/mol. The predicted molar refractivity (Wildman–Crippen MR) is 113 cm³/mol. The van der Waals surface area contributed by atoms with Crippen molar-refractivity contribution in [3.8, 4) is 5.75 Å². The van der Waals surface area contributed by atoms with Gasteiger partial charge in [-0.2, -0.15) is 0 Å². The minimum absolute atomic E-state index is 0.0480. The molecule has 2 unspecified atom stereocenters.